The Morgan fingerprint density at radius 3 is 2.46 bits per heavy atom. The Morgan fingerprint density at radius 2 is 1.62 bits per heavy atom. The van der Waals surface area contributed by atoms with Crippen LogP contribution in [0.25, 0.3) is 16.5 Å². The highest BCUT2D eigenvalue weighted by molar-refractivity contribution is 5.94. The highest BCUT2D eigenvalue weighted by Gasteiger charge is 2.10. The van der Waals surface area contributed by atoms with Crippen molar-refractivity contribution in [3.8, 4) is 5.69 Å². The molecule has 0 amide bonds. The van der Waals surface area contributed by atoms with Crippen LogP contribution in [0, 0.1) is 13.8 Å². The number of nitrogens with zero attached hydrogens (tertiary/aromatic N) is 3. The third kappa shape index (κ3) is 2.97. The molecule has 0 saturated heterocycles. The summed E-state index contributed by atoms with van der Waals surface area (Å²) < 4.78 is 1.95. The summed E-state index contributed by atoms with van der Waals surface area (Å²) >= 11 is 0. The van der Waals surface area contributed by atoms with Crippen LogP contribution in [-0.2, 0) is 0 Å². The third-order valence-electron chi connectivity index (χ3n) is 4.52. The molecule has 1 heterocycles. The molecular formula is C22H20N4. The SMILES string of the molecule is Cc1nn(-c2ccccc2)c(C)c1/C=N\Nc1cccc2ccccc12. The molecule has 0 aliphatic rings. The summed E-state index contributed by atoms with van der Waals surface area (Å²) in [5.41, 5.74) is 8.26. The van der Waals surface area contributed by atoms with Crippen LogP contribution in [0.3, 0.4) is 0 Å². The van der Waals surface area contributed by atoms with Crippen molar-refractivity contribution in [3.05, 3.63) is 89.7 Å². The molecule has 0 radical (unpaired) electrons. The lowest BCUT2D eigenvalue weighted by Crippen LogP contribution is -1.99. The fraction of sp³-hybridized carbons (Fsp3) is 0.0909. The fourth-order valence-electron chi connectivity index (χ4n) is 3.15. The molecule has 0 fully saturated rings. The summed E-state index contributed by atoms with van der Waals surface area (Å²) in [4.78, 5) is 0. The van der Waals surface area contributed by atoms with E-state index in [9.17, 15) is 0 Å². The van der Waals surface area contributed by atoms with Crippen LogP contribution in [0.1, 0.15) is 17.0 Å². The number of para-hydroxylation sites is 1. The summed E-state index contributed by atoms with van der Waals surface area (Å²) in [6.45, 7) is 4.07. The number of hydrogen-bond acceptors (Lipinski definition) is 3. The normalized spacial score (nSPS) is 11.3. The highest BCUT2D eigenvalue weighted by Crippen LogP contribution is 2.23. The monoisotopic (exact) mass is 340 g/mol. The van der Waals surface area contributed by atoms with Gasteiger partial charge < -0.3 is 0 Å². The van der Waals surface area contributed by atoms with Gasteiger partial charge in [0.1, 0.15) is 0 Å². The molecule has 0 atom stereocenters. The molecule has 0 unspecified atom stereocenters. The molecule has 4 nitrogen and oxygen atoms in total. The van der Waals surface area contributed by atoms with Gasteiger partial charge >= 0.3 is 0 Å². The lowest BCUT2D eigenvalue weighted by Gasteiger charge is -2.05. The molecule has 1 aromatic heterocycles. The van der Waals surface area contributed by atoms with Crippen LogP contribution in [0.4, 0.5) is 5.69 Å². The van der Waals surface area contributed by atoms with E-state index in [1.807, 2.05) is 60.3 Å². The predicted molar refractivity (Wildman–Crippen MR) is 108 cm³/mol. The molecule has 3 aromatic carbocycles. The van der Waals surface area contributed by atoms with Gasteiger partial charge in [-0.15, -0.1) is 0 Å². The predicted octanol–water partition coefficient (Wildman–Crippen LogP) is 5.09. The van der Waals surface area contributed by atoms with E-state index in [0.29, 0.717) is 0 Å². The summed E-state index contributed by atoms with van der Waals surface area (Å²) in [7, 11) is 0. The molecule has 0 spiro atoms. The molecule has 128 valence electrons. The van der Waals surface area contributed by atoms with Gasteiger partial charge in [0.15, 0.2) is 0 Å². The van der Waals surface area contributed by atoms with Crippen molar-refractivity contribution in [2.75, 3.05) is 5.43 Å². The van der Waals surface area contributed by atoms with Crippen LogP contribution in [0.15, 0.2) is 77.9 Å². The van der Waals surface area contributed by atoms with Crippen molar-refractivity contribution in [1.82, 2.24) is 9.78 Å². The largest absolute Gasteiger partial charge is 0.278 e. The Morgan fingerprint density at radius 1 is 0.885 bits per heavy atom. The first-order valence-electron chi connectivity index (χ1n) is 8.62. The molecule has 4 heteroatoms. The highest BCUT2D eigenvalue weighted by atomic mass is 15.3. The first-order chi connectivity index (χ1) is 12.7. The van der Waals surface area contributed by atoms with Crippen molar-refractivity contribution >= 4 is 22.7 Å². The summed E-state index contributed by atoms with van der Waals surface area (Å²) in [6, 6.07) is 24.6. The maximum Gasteiger partial charge on any atom is 0.0689 e. The minimum absolute atomic E-state index is 0.954. The number of fused-ring (bicyclic) bond motifs is 1. The maximum absolute atomic E-state index is 4.65. The Bertz CT molecular complexity index is 1070. The Hall–Kier alpha value is -3.40. The van der Waals surface area contributed by atoms with E-state index < -0.39 is 0 Å². The van der Waals surface area contributed by atoms with Gasteiger partial charge in [-0.1, -0.05) is 54.6 Å². The topological polar surface area (TPSA) is 42.2 Å². The van der Waals surface area contributed by atoms with Gasteiger partial charge in [0.25, 0.3) is 0 Å². The van der Waals surface area contributed by atoms with E-state index in [-0.39, 0.29) is 0 Å². The zero-order chi connectivity index (χ0) is 17.9. The number of rotatable bonds is 4. The minimum atomic E-state index is 0.954. The first-order valence-corrected chi connectivity index (χ1v) is 8.62. The van der Waals surface area contributed by atoms with Crippen LogP contribution >= 0.6 is 0 Å². The lowest BCUT2D eigenvalue weighted by molar-refractivity contribution is 0.833. The first kappa shape index (κ1) is 16.1. The van der Waals surface area contributed by atoms with Gasteiger partial charge in [-0.25, -0.2) is 4.68 Å². The molecule has 1 N–H and O–H groups in total. The van der Waals surface area contributed by atoms with E-state index in [2.05, 4.69) is 52.9 Å². The van der Waals surface area contributed by atoms with E-state index in [4.69, 9.17) is 0 Å². The minimum Gasteiger partial charge on any atom is -0.278 e. The third-order valence-corrected chi connectivity index (χ3v) is 4.52. The molecule has 0 aliphatic heterocycles. The van der Waals surface area contributed by atoms with E-state index >= 15 is 0 Å². The lowest BCUT2D eigenvalue weighted by atomic mass is 10.1. The van der Waals surface area contributed by atoms with Crippen LogP contribution in [0.5, 0.6) is 0 Å². The van der Waals surface area contributed by atoms with Gasteiger partial charge in [0.2, 0.25) is 0 Å². The smallest absolute Gasteiger partial charge is 0.0689 e. The molecule has 0 saturated carbocycles. The van der Waals surface area contributed by atoms with Gasteiger partial charge in [0.05, 0.1) is 29.0 Å². The quantitative estimate of drug-likeness (QED) is 0.415. The van der Waals surface area contributed by atoms with Gasteiger partial charge in [-0.2, -0.15) is 10.2 Å². The Balaban J connectivity index is 1.62. The Labute approximate surface area is 152 Å². The standard InChI is InChI=1S/C22H20N4/c1-16-21(17(2)26(25-16)19-11-4-3-5-12-19)15-23-24-22-14-8-10-18-9-6-7-13-20(18)22/h3-15,24H,1-2H3/b23-15-. The van der Waals surface area contributed by atoms with Crippen molar-refractivity contribution in [2.24, 2.45) is 5.10 Å². The molecule has 4 aromatic rings. The maximum atomic E-state index is 4.65. The van der Waals surface area contributed by atoms with Crippen molar-refractivity contribution in [3.63, 3.8) is 0 Å². The molecular weight excluding hydrogens is 320 g/mol. The summed E-state index contributed by atoms with van der Waals surface area (Å²) in [5, 5.41) is 11.5. The molecule has 0 aliphatic carbocycles. The van der Waals surface area contributed by atoms with Gasteiger partial charge in [-0.05, 0) is 37.4 Å². The second kappa shape index (κ2) is 6.84. The van der Waals surface area contributed by atoms with Crippen molar-refractivity contribution < 1.29 is 0 Å². The number of aromatic nitrogens is 2. The molecule has 26 heavy (non-hydrogen) atoms. The van der Waals surface area contributed by atoms with E-state index in [1.165, 1.54) is 5.39 Å². The van der Waals surface area contributed by atoms with Crippen LogP contribution in [-0.4, -0.2) is 16.0 Å². The summed E-state index contributed by atoms with van der Waals surface area (Å²) in [5.74, 6) is 0. The number of aryl methyl sites for hydroxylation is 1. The van der Waals surface area contributed by atoms with Crippen LogP contribution < -0.4 is 5.43 Å². The van der Waals surface area contributed by atoms with E-state index in [1.54, 1.807) is 0 Å². The van der Waals surface area contributed by atoms with Gasteiger partial charge in [0, 0.05) is 10.9 Å². The summed E-state index contributed by atoms with van der Waals surface area (Å²) in [6.07, 6.45) is 1.85. The second-order valence-corrected chi connectivity index (χ2v) is 6.23. The van der Waals surface area contributed by atoms with E-state index in [0.717, 1.165) is 33.7 Å². The van der Waals surface area contributed by atoms with Crippen molar-refractivity contribution in [1.29, 1.82) is 0 Å². The van der Waals surface area contributed by atoms with Crippen molar-refractivity contribution in [2.45, 2.75) is 13.8 Å². The molecule has 0 bridgehead atoms. The second-order valence-electron chi connectivity index (χ2n) is 6.23. The molecule has 4 rings (SSSR count). The zero-order valence-corrected chi connectivity index (χ0v) is 14.8. The number of nitrogens with one attached hydrogen (secondary N) is 1. The number of hydrogen-bond donors (Lipinski definition) is 1. The number of anilines is 1. The average molecular weight is 340 g/mol. The number of hydrazone groups is 1. The van der Waals surface area contributed by atoms with Gasteiger partial charge in [-0.3, -0.25) is 5.43 Å². The Kier molecular flexibility index (Phi) is 4.23. The zero-order valence-electron chi connectivity index (χ0n) is 14.8. The fourth-order valence-corrected chi connectivity index (χ4v) is 3.15. The number of benzene rings is 3. The average Bonchev–Trinajstić information content (AvgIpc) is 2.97. The van der Waals surface area contributed by atoms with Crippen LogP contribution in [0.2, 0.25) is 0 Å².